The van der Waals surface area contributed by atoms with Gasteiger partial charge < -0.3 is 10.1 Å². The number of benzene rings is 2. The number of rotatable bonds is 5. The lowest BCUT2D eigenvalue weighted by Gasteiger charge is -2.10. The fourth-order valence-electron chi connectivity index (χ4n) is 2.98. The first-order valence-corrected chi connectivity index (χ1v) is 10.8. The number of nitrogens with one attached hydrogen (secondary N) is 1. The quantitative estimate of drug-likeness (QED) is 0.377. The van der Waals surface area contributed by atoms with Gasteiger partial charge in [0.1, 0.15) is 11.1 Å². The number of esters is 1. The summed E-state index contributed by atoms with van der Waals surface area (Å²) >= 11 is 4.64. The molecule has 0 unspecified atom stereocenters. The van der Waals surface area contributed by atoms with Crippen LogP contribution in [0.4, 0.5) is 5.00 Å². The molecule has 0 fully saturated rings. The molecular weight excluding hydrogens is 478 g/mol. The maximum Gasteiger partial charge on any atom is 0.339 e. The minimum absolute atomic E-state index is 0.324. The first-order chi connectivity index (χ1) is 15.0. The number of pyridine rings is 1. The van der Waals surface area contributed by atoms with Crippen molar-refractivity contribution in [1.29, 1.82) is 5.26 Å². The van der Waals surface area contributed by atoms with E-state index in [1.165, 1.54) is 11.3 Å². The standard InChI is InChI=1S/C23H14BrN3O3S/c24-16-7-5-14(6-8-16)20-11-18(17-3-1-2-4-19(17)26-20)23(29)30-13-21(28)27-22-15(12-25)9-10-31-22/h1-11H,13H2,(H,27,28). The molecule has 2 heterocycles. The number of hydrogen-bond donors (Lipinski definition) is 1. The lowest BCUT2D eigenvalue weighted by atomic mass is 10.0. The Morgan fingerprint density at radius 1 is 1.13 bits per heavy atom. The molecule has 0 aliphatic rings. The molecule has 6 nitrogen and oxygen atoms in total. The summed E-state index contributed by atoms with van der Waals surface area (Å²) < 4.78 is 6.20. The fraction of sp³-hybridized carbons (Fsp3) is 0.0435. The minimum atomic E-state index is -0.626. The van der Waals surface area contributed by atoms with Gasteiger partial charge in [0.05, 0.1) is 22.3 Å². The van der Waals surface area contributed by atoms with Crippen molar-refractivity contribution in [3.8, 4) is 17.3 Å². The third-order valence-electron chi connectivity index (χ3n) is 4.45. The highest BCUT2D eigenvalue weighted by Crippen LogP contribution is 2.27. The minimum Gasteiger partial charge on any atom is -0.452 e. The van der Waals surface area contributed by atoms with Gasteiger partial charge in [-0.2, -0.15) is 5.26 Å². The highest BCUT2D eigenvalue weighted by Gasteiger charge is 2.17. The van der Waals surface area contributed by atoms with Gasteiger partial charge in [-0.1, -0.05) is 46.3 Å². The summed E-state index contributed by atoms with van der Waals surface area (Å²) in [7, 11) is 0. The van der Waals surface area contributed by atoms with Crippen molar-refractivity contribution in [2.75, 3.05) is 11.9 Å². The number of fused-ring (bicyclic) bond motifs is 1. The zero-order valence-corrected chi connectivity index (χ0v) is 18.4. The van der Waals surface area contributed by atoms with Crippen molar-refractivity contribution in [2.45, 2.75) is 0 Å². The third-order valence-corrected chi connectivity index (χ3v) is 5.81. The van der Waals surface area contributed by atoms with Crippen LogP contribution in [0.5, 0.6) is 0 Å². The number of nitriles is 1. The summed E-state index contributed by atoms with van der Waals surface area (Å²) in [6.07, 6.45) is 0. The first-order valence-electron chi connectivity index (χ1n) is 9.15. The van der Waals surface area contributed by atoms with Gasteiger partial charge in [0, 0.05) is 15.4 Å². The molecule has 152 valence electrons. The van der Waals surface area contributed by atoms with E-state index in [4.69, 9.17) is 10.00 Å². The SMILES string of the molecule is N#Cc1ccsc1NC(=O)COC(=O)c1cc(-c2ccc(Br)cc2)nc2ccccc12. The van der Waals surface area contributed by atoms with Crippen molar-refractivity contribution in [2.24, 2.45) is 0 Å². The molecule has 1 amide bonds. The molecule has 0 saturated carbocycles. The molecule has 4 aromatic rings. The number of amides is 1. The summed E-state index contributed by atoms with van der Waals surface area (Å²) in [6, 6.07) is 20.1. The topological polar surface area (TPSA) is 92.1 Å². The Labute approximate surface area is 190 Å². The van der Waals surface area contributed by atoms with Gasteiger partial charge in [-0.25, -0.2) is 9.78 Å². The van der Waals surface area contributed by atoms with E-state index in [9.17, 15) is 9.59 Å². The zero-order chi connectivity index (χ0) is 21.8. The second-order valence-corrected chi connectivity index (χ2v) is 8.31. The monoisotopic (exact) mass is 491 g/mol. The van der Waals surface area contributed by atoms with Crippen LogP contribution in [0.1, 0.15) is 15.9 Å². The van der Waals surface area contributed by atoms with E-state index < -0.39 is 18.5 Å². The molecule has 8 heteroatoms. The van der Waals surface area contributed by atoms with Gasteiger partial charge in [-0.3, -0.25) is 4.79 Å². The number of carbonyl (C=O) groups is 2. The van der Waals surface area contributed by atoms with Crippen LogP contribution in [0.2, 0.25) is 0 Å². The van der Waals surface area contributed by atoms with Crippen LogP contribution >= 0.6 is 27.3 Å². The van der Waals surface area contributed by atoms with Gasteiger partial charge >= 0.3 is 5.97 Å². The van der Waals surface area contributed by atoms with Gasteiger partial charge in [-0.05, 0) is 35.7 Å². The Bertz CT molecular complexity index is 1330. The van der Waals surface area contributed by atoms with Crippen LogP contribution < -0.4 is 5.32 Å². The molecule has 2 aromatic heterocycles. The molecule has 0 saturated heterocycles. The van der Waals surface area contributed by atoms with E-state index in [2.05, 4.69) is 26.2 Å². The lowest BCUT2D eigenvalue weighted by Crippen LogP contribution is -2.21. The Balaban J connectivity index is 1.57. The molecule has 4 rings (SSSR count). The molecule has 0 bridgehead atoms. The second kappa shape index (κ2) is 9.08. The summed E-state index contributed by atoms with van der Waals surface area (Å²) in [5.74, 6) is -1.14. The van der Waals surface area contributed by atoms with Crippen LogP contribution in [0.25, 0.3) is 22.2 Å². The van der Waals surface area contributed by atoms with E-state index in [1.54, 1.807) is 23.6 Å². The molecule has 2 aromatic carbocycles. The van der Waals surface area contributed by atoms with E-state index in [1.807, 2.05) is 48.5 Å². The zero-order valence-electron chi connectivity index (χ0n) is 16.0. The third kappa shape index (κ3) is 4.63. The van der Waals surface area contributed by atoms with Crippen molar-refractivity contribution < 1.29 is 14.3 Å². The number of carbonyl (C=O) groups excluding carboxylic acids is 2. The molecule has 0 aliphatic heterocycles. The molecule has 0 radical (unpaired) electrons. The predicted molar refractivity (Wildman–Crippen MR) is 123 cm³/mol. The molecular formula is C23H14BrN3O3S. The van der Waals surface area contributed by atoms with Gasteiger partial charge in [-0.15, -0.1) is 11.3 Å². The number of aromatic nitrogens is 1. The molecule has 31 heavy (non-hydrogen) atoms. The number of hydrogen-bond acceptors (Lipinski definition) is 6. The number of halogens is 1. The van der Waals surface area contributed by atoms with Crippen molar-refractivity contribution in [1.82, 2.24) is 4.98 Å². The highest BCUT2D eigenvalue weighted by atomic mass is 79.9. The van der Waals surface area contributed by atoms with E-state index in [0.29, 0.717) is 32.7 Å². The smallest absolute Gasteiger partial charge is 0.339 e. The van der Waals surface area contributed by atoms with Crippen LogP contribution in [-0.4, -0.2) is 23.5 Å². The van der Waals surface area contributed by atoms with Gasteiger partial charge in [0.2, 0.25) is 0 Å². The Morgan fingerprint density at radius 2 is 1.90 bits per heavy atom. The van der Waals surface area contributed by atoms with Crippen LogP contribution in [-0.2, 0) is 9.53 Å². The predicted octanol–water partition coefficient (Wildman–Crippen LogP) is 5.39. The highest BCUT2D eigenvalue weighted by molar-refractivity contribution is 9.10. The number of anilines is 1. The maximum atomic E-state index is 12.8. The lowest BCUT2D eigenvalue weighted by molar-refractivity contribution is -0.119. The summed E-state index contributed by atoms with van der Waals surface area (Å²) in [6.45, 7) is -0.466. The average Bonchev–Trinajstić information content (AvgIpc) is 3.24. The van der Waals surface area contributed by atoms with Crippen molar-refractivity contribution in [3.05, 3.63) is 81.6 Å². The molecule has 0 aliphatic carbocycles. The number of para-hydroxylation sites is 1. The van der Waals surface area contributed by atoms with E-state index in [0.717, 1.165) is 10.0 Å². The Kier molecular flexibility index (Phi) is 6.07. The summed E-state index contributed by atoms with van der Waals surface area (Å²) in [5, 5.41) is 14.4. The maximum absolute atomic E-state index is 12.8. The normalized spacial score (nSPS) is 10.5. The first kappa shape index (κ1) is 20.7. The van der Waals surface area contributed by atoms with Crippen LogP contribution in [0, 0.1) is 11.3 Å². The Morgan fingerprint density at radius 3 is 2.68 bits per heavy atom. The van der Waals surface area contributed by atoms with Gasteiger partial charge in [0.15, 0.2) is 6.61 Å². The second-order valence-electron chi connectivity index (χ2n) is 6.48. The van der Waals surface area contributed by atoms with Crippen LogP contribution in [0.3, 0.4) is 0 Å². The van der Waals surface area contributed by atoms with Crippen LogP contribution in [0.15, 0.2) is 70.5 Å². The van der Waals surface area contributed by atoms with Gasteiger partial charge in [0.25, 0.3) is 5.91 Å². The molecule has 1 N–H and O–H groups in total. The Hall–Kier alpha value is -3.54. The van der Waals surface area contributed by atoms with Crippen molar-refractivity contribution in [3.63, 3.8) is 0 Å². The summed E-state index contributed by atoms with van der Waals surface area (Å²) in [4.78, 5) is 29.7. The van der Waals surface area contributed by atoms with E-state index >= 15 is 0 Å². The average molecular weight is 492 g/mol. The summed E-state index contributed by atoms with van der Waals surface area (Å²) in [5.41, 5.74) is 2.81. The largest absolute Gasteiger partial charge is 0.452 e. The number of nitrogens with zero attached hydrogens (tertiary/aromatic N) is 2. The molecule has 0 spiro atoms. The number of ether oxygens (including phenoxy) is 1. The number of thiophene rings is 1. The van der Waals surface area contributed by atoms with E-state index in [-0.39, 0.29) is 0 Å². The fourth-order valence-corrected chi connectivity index (χ4v) is 4.00. The van der Waals surface area contributed by atoms with Crippen molar-refractivity contribution >= 4 is 55.0 Å². The molecule has 0 atom stereocenters.